The number of rotatable bonds is 5. The number of aromatic nitrogens is 1. The van der Waals surface area contributed by atoms with E-state index in [1.54, 1.807) is 26.8 Å². The van der Waals surface area contributed by atoms with Crippen LogP contribution in [-0.4, -0.2) is 54.4 Å². The first-order valence-electron chi connectivity index (χ1n) is 10.4. The molecule has 0 spiro atoms. The maximum atomic E-state index is 14.6. The molecular weight excluding hydrogens is 435 g/mol. The van der Waals surface area contributed by atoms with Crippen molar-refractivity contribution >= 4 is 34.2 Å². The topological polar surface area (TPSA) is 92.8 Å². The molecule has 2 heterocycles. The highest BCUT2D eigenvalue weighted by Crippen LogP contribution is 2.32. The van der Waals surface area contributed by atoms with Crippen LogP contribution in [0.25, 0.3) is 11.3 Å². The molecule has 2 amide bonds. The molecule has 0 radical (unpaired) electrons. The van der Waals surface area contributed by atoms with Gasteiger partial charge in [0.25, 0.3) is 0 Å². The number of nitrogens with zero attached hydrogens (tertiary/aromatic N) is 2. The molecule has 2 N–H and O–H groups in total. The van der Waals surface area contributed by atoms with Crippen molar-refractivity contribution < 1.29 is 23.5 Å². The Morgan fingerprint density at radius 1 is 1.28 bits per heavy atom. The summed E-state index contributed by atoms with van der Waals surface area (Å²) in [6, 6.07) is 7.50. The maximum absolute atomic E-state index is 14.6. The number of thiazole rings is 1. The summed E-state index contributed by atoms with van der Waals surface area (Å²) >= 11 is 0.737. The number of nitrogens with one attached hydrogen (secondary N) is 2. The largest absolute Gasteiger partial charge is 0.444 e. The van der Waals surface area contributed by atoms with Gasteiger partial charge in [-0.1, -0.05) is 23.5 Å². The van der Waals surface area contributed by atoms with E-state index in [9.17, 15) is 14.0 Å². The number of carbonyl (C=O) groups excluding carboxylic acids is 2. The number of ether oxygens (including phenoxy) is 2. The normalized spacial score (nSPS) is 18.9. The summed E-state index contributed by atoms with van der Waals surface area (Å²) in [6.07, 6.45) is -0.494. The molecule has 1 saturated heterocycles. The Bertz CT molecular complexity index is 965. The monoisotopic (exact) mass is 464 g/mol. The van der Waals surface area contributed by atoms with Crippen LogP contribution in [0.2, 0.25) is 0 Å². The van der Waals surface area contributed by atoms with Crippen LogP contribution in [0.1, 0.15) is 34.6 Å². The second-order valence-corrected chi connectivity index (χ2v) is 9.71. The molecule has 1 aromatic carbocycles. The first-order valence-corrected chi connectivity index (χ1v) is 11.3. The van der Waals surface area contributed by atoms with E-state index < -0.39 is 22.7 Å². The molecule has 1 aliphatic heterocycles. The van der Waals surface area contributed by atoms with Gasteiger partial charge in [0.15, 0.2) is 5.13 Å². The van der Waals surface area contributed by atoms with Crippen molar-refractivity contribution in [1.82, 2.24) is 10.3 Å². The van der Waals surface area contributed by atoms with Crippen molar-refractivity contribution in [2.24, 2.45) is 0 Å². The van der Waals surface area contributed by atoms with E-state index in [2.05, 4.69) is 20.5 Å². The lowest BCUT2D eigenvalue weighted by atomic mass is 10.1. The van der Waals surface area contributed by atoms with E-state index in [1.807, 2.05) is 32.0 Å². The van der Waals surface area contributed by atoms with Crippen molar-refractivity contribution in [3.8, 4) is 11.3 Å². The number of benzene rings is 1. The molecular formula is C22H29FN4O4S. The van der Waals surface area contributed by atoms with E-state index in [-0.39, 0.29) is 29.6 Å². The van der Waals surface area contributed by atoms with E-state index in [0.717, 1.165) is 30.1 Å². The molecule has 174 valence electrons. The predicted octanol–water partition coefficient (Wildman–Crippen LogP) is 4.03. The molecule has 32 heavy (non-hydrogen) atoms. The van der Waals surface area contributed by atoms with Crippen LogP contribution in [0.15, 0.2) is 24.3 Å². The quantitative estimate of drug-likeness (QED) is 0.694. The molecule has 0 bridgehead atoms. The van der Waals surface area contributed by atoms with E-state index in [1.165, 1.54) is 0 Å². The third-order valence-electron chi connectivity index (χ3n) is 4.53. The van der Waals surface area contributed by atoms with Crippen molar-refractivity contribution in [3.63, 3.8) is 0 Å². The third-order valence-corrected chi connectivity index (χ3v) is 5.29. The van der Waals surface area contributed by atoms with Crippen LogP contribution in [0.3, 0.4) is 0 Å². The highest BCUT2D eigenvalue weighted by atomic mass is 32.1. The first-order chi connectivity index (χ1) is 15.0. The average molecular weight is 465 g/mol. The standard InChI is InChI=1S/C22H29FN4O4S/c1-13-11-27(12-14(2)30-13)16-8-6-7-15(9-16)18-19(23)32-20(26-18)25-17(28)10-24-21(29)31-22(3,4)5/h6-9,13-14H,10-12H2,1-5H3,(H,24,29)(H,25,26,28)/t13-,14+. The molecule has 1 fully saturated rings. The van der Waals surface area contributed by atoms with Gasteiger partial charge < -0.3 is 25.0 Å². The number of amides is 2. The van der Waals surface area contributed by atoms with Gasteiger partial charge in [0, 0.05) is 24.3 Å². The Labute approximate surface area is 191 Å². The van der Waals surface area contributed by atoms with E-state index in [4.69, 9.17) is 9.47 Å². The molecule has 0 unspecified atom stereocenters. The molecule has 2 atom stereocenters. The number of morpholine rings is 1. The summed E-state index contributed by atoms with van der Waals surface area (Å²) in [7, 11) is 0. The molecule has 8 nitrogen and oxygen atoms in total. The second kappa shape index (κ2) is 9.83. The van der Waals surface area contributed by atoms with Gasteiger partial charge in [0.2, 0.25) is 11.0 Å². The highest BCUT2D eigenvalue weighted by molar-refractivity contribution is 7.14. The van der Waals surface area contributed by atoms with Crippen LogP contribution in [-0.2, 0) is 14.3 Å². The molecule has 1 aromatic heterocycles. The minimum Gasteiger partial charge on any atom is -0.444 e. The number of anilines is 2. The summed E-state index contributed by atoms with van der Waals surface area (Å²) < 4.78 is 25.5. The van der Waals surface area contributed by atoms with Crippen LogP contribution in [0.5, 0.6) is 0 Å². The van der Waals surface area contributed by atoms with Gasteiger partial charge in [-0.05, 0) is 46.8 Å². The second-order valence-electron chi connectivity index (χ2n) is 8.76. The summed E-state index contributed by atoms with van der Waals surface area (Å²) in [5.74, 6) is -0.527. The van der Waals surface area contributed by atoms with Crippen molar-refractivity contribution in [2.45, 2.75) is 52.4 Å². The number of alkyl carbamates (subject to hydrolysis) is 1. The third kappa shape index (κ3) is 6.64. The van der Waals surface area contributed by atoms with Gasteiger partial charge in [-0.2, -0.15) is 4.39 Å². The molecule has 0 saturated carbocycles. The number of carbonyl (C=O) groups is 2. The zero-order valence-electron chi connectivity index (χ0n) is 18.9. The van der Waals surface area contributed by atoms with Crippen LogP contribution < -0.4 is 15.5 Å². The van der Waals surface area contributed by atoms with Gasteiger partial charge in [-0.15, -0.1) is 0 Å². The molecule has 2 aromatic rings. The fourth-order valence-electron chi connectivity index (χ4n) is 3.40. The lowest BCUT2D eigenvalue weighted by Crippen LogP contribution is -2.45. The molecule has 0 aliphatic carbocycles. The summed E-state index contributed by atoms with van der Waals surface area (Å²) in [6.45, 7) is 10.4. The summed E-state index contributed by atoms with van der Waals surface area (Å²) in [5.41, 5.74) is 1.08. The Kier molecular flexibility index (Phi) is 7.35. The van der Waals surface area contributed by atoms with Crippen molar-refractivity contribution in [3.05, 3.63) is 29.4 Å². The summed E-state index contributed by atoms with van der Waals surface area (Å²) in [5, 5.41) is 4.49. The van der Waals surface area contributed by atoms with Gasteiger partial charge in [0.05, 0.1) is 12.2 Å². The summed E-state index contributed by atoms with van der Waals surface area (Å²) in [4.78, 5) is 30.2. The van der Waals surface area contributed by atoms with E-state index in [0.29, 0.717) is 5.56 Å². The van der Waals surface area contributed by atoms with Crippen LogP contribution >= 0.6 is 11.3 Å². The van der Waals surface area contributed by atoms with E-state index >= 15 is 0 Å². The Hall–Kier alpha value is -2.72. The highest BCUT2D eigenvalue weighted by Gasteiger charge is 2.23. The van der Waals surface area contributed by atoms with Gasteiger partial charge >= 0.3 is 6.09 Å². The fraction of sp³-hybridized carbons (Fsp3) is 0.500. The Morgan fingerprint density at radius 2 is 1.97 bits per heavy atom. The molecule has 10 heteroatoms. The number of hydrogen-bond donors (Lipinski definition) is 2. The maximum Gasteiger partial charge on any atom is 0.408 e. The smallest absolute Gasteiger partial charge is 0.408 e. The zero-order chi connectivity index (χ0) is 23.5. The fourth-order valence-corrected chi connectivity index (χ4v) is 4.13. The zero-order valence-corrected chi connectivity index (χ0v) is 19.7. The Balaban J connectivity index is 1.65. The molecule has 3 rings (SSSR count). The van der Waals surface area contributed by atoms with Crippen LogP contribution in [0, 0.1) is 5.13 Å². The number of hydrogen-bond acceptors (Lipinski definition) is 7. The van der Waals surface area contributed by atoms with Crippen molar-refractivity contribution in [1.29, 1.82) is 0 Å². The predicted molar refractivity (Wildman–Crippen MR) is 123 cm³/mol. The van der Waals surface area contributed by atoms with Gasteiger partial charge in [-0.25, -0.2) is 9.78 Å². The van der Waals surface area contributed by atoms with Crippen molar-refractivity contribution in [2.75, 3.05) is 29.9 Å². The lowest BCUT2D eigenvalue weighted by molar-refractivity contribution is -0.115. The Morgan fingerprint density at radius 3 is 2.62 bits per heavy atom. The first kappa shape index (κ1) is 23.9. The minimum absolute atomic E-state index is 0.106. The SMILES string of the molecule is C[C@@H]1CN(c2cccc(-c3nc(NC(=O)CNC(=O)OC(C)(C)C)sc3F)c2)C[C@H](C)O1. The van der Waals surface area contributed by atoms with Gasteiger partial charge in [-0.3, -0.25) is 4.79 Å². The van der Waals surface area contributed by atoms with Gasteiger partial charge in [0.1, 0.15) is 17.8 Å². The minimum atomic E-state index is -0.706. The molecule has 1 aliphatic rings. The van der Waals surface area contributed by atoms with Crippen LogP contribution in [0.4, 0.5) is 20.0 Å². The number of halogens is 1. The lowest BCUT2D eigenvalue weighted by Gasteiger charge is -2.37. The average Bonchev–Trinajstić information content (AvgIpc) is 3.04.